The molecule has 2 fully saturated rings. The van der Waals surface area contributed by atoms with Crippen LogP contribution in [-0.4, -0.2) is 44.8 Å². The fraction of sp³-hybridized carbons (Fsp3) is 0.857. The van der Waals surface area contributed by atoms with Crippen molar-refractivity contribution < 1.29 is 0 Å². The molecule has 1 N–H and O–H groups in total. The second kappa shape index (κ2) is 5.21. The molecule has 1 saturated heterocycles. The van der Waals surface area contributed by atoms with Crippen molar-refractivity contribution in [2.45, 2.75) is 58.3 Å². The summed E-state index contributed by atoms with van der Waals surface area (Å²) in [4.78, 5) is 7.07. The Morgan fingerprint density at radius 3 is 2.89 bits per heavy atom. The van der Waals surface area contributed by atoms with Crippen molar-refractivity contribution in [3.05, 3.63) is 12.2 Å². The lowest BCUT2D eigenvalue weighted by molar-refractivity contribution is 0.107. The van der Waals surface area contributed by atoms with E-state index in [1.165, 1.54) is 12.8 Å². The minimum Gasteiger partial charge on any atom is -0.311 e. The Kier molecular flexibility index (Phi) is 3.58. The largest absolute Gasteiger partial charge is 0.311 e. The molecule has 2 unspecified atom stereocenters. The van der Waals surface area contributed by atoms with Gasteiger partial charge in [0.1, 0.15) is 12.2 Å². The van der Waals surface area contributed by atoms with E-state index >= 15 is 0 Å². The molecular weight excluding hydrogens is 238 g/mol. The van der Waals surface area contributed by atoms with E-state index in [1.807, 2.05) is 0 Å². The van der Waals surface area contributed by atoms with Gasteiger partial charge in [0.15, 0.2) is 0 Å². The third kappa shape index (κ3) is 2.82. The Balaban J connectivity index is 1.73. The average Bonchev–Trinajstić information content (AvgIpc) is 3.09. The topological polar surface area (TPSA) is 46.0 Å². The predicted molar refractivity (Wildman–Crippen MR) is 74.8 cm³/mol. The van der Waals surface area contributed by atoms with E-state index in [-0.39, 0.29) is 0 Å². The van der Waals surface area contributed by atoms with Crippen LogP contribution in [0.1, 0.15) is 45.5 Å². The van der Waals surface area contributed by atoms with Crippen LogP contribution in [0.4, 0.5) is 0 Å². The molecule has 0 amide bonds. The first-order valence-corrected chi connectivity index (χ1v) is 7.51. The Morgan fingerprint density at radius 2 is 2.21 bits per heavy atom. The Hall–Kier alpha value is -0.940. The molecule has 3 rings (SSSR count). The number of piperazine rings is 1. The molecule has 2 atom stereocenters. The third-order valence-corrected chi connectivity index (χ3v) is 4.30. The van der Waals surface area contributed by atoms with Gasteiger partial charge < -0.3 is 5.32 Å². The molecule has 19 heavy (non-hydrogen) atoms. The zero-order valence-corrected chi connectivity index (χ0v) is 12.2. The molecule has 106 valence electrons. The Bertz CT molecular complexity index is 423. The summed E-state index contributed by atoms with van der Waals surface area (Å²) in [6, 6.07) is 1.65. The minimum atomic E-state index is 0.386. The number of nitrogens with one attached hydrogen (secondary N) is 1. The van der Waals surface area contributed by atoms with Crippen LogP contribution in [0, 0.1) is 5.92 Å². The van der Waals surface area contributed by atoms with E-state index in [9.17, 15) is 0 Å². The molecule has 0 radical (unpaired) electrons. The van der Waals surface area contributed by atoms with E-state index < -0.39 is 0 Å². The van der Waals surface area contributed by atoms with Gasteiger partial charge in [-0.15, -0.1) is 0 Å². The zero-order chi connectivity index (χ0) is 13.4. The maximum atomic E-state index is 4.46. The van der Waals surface area contributed by atoms with Crippen LogP contribution in [0.5, 0.6) is 0 Å². The first-order chi connectivity index (χ1) is 9.15. The van der Waals surface area contributed by atoms with E-state index in [4.69, 9.17) is 0 Å². The van der Waals surface area contributed by atoms with Gasteiger partial charge in [0.2, 0.25) is 0 Å². The molecule has 1 aromatic heterocycles. The Morgan fingerprint density at radius 1 is 1.42 bits per heavy atom. The van der Waals surface area contributed by atoms with E-state index in [0.29, 0.717) is 18.1 Å². The lowest BCUT2D eigenvalue weighted by atomic mass is 10.1. The van der Waals surface area contributed by atoms with Crippen LogP contribution < -0.4 is 5.32 Å². The van der Waals surface area contributed by atoms with Crippen molar-refractivity contribution in [1.29, 1.82) is 0 Å². The molecule has 2 heterocycles. The minimum absolute atomic E-state index is 0.386. The summed E-state index contributed by atoms with van der Waals surface area (Å²) in [5.74, 6) is 2.00. The van der Waals surface area contributed by atoms with Gasteiger partial charge in [0, 0.05) is 31.2 Å². The average molecular weight is 263 g/mol. The van der Waals surface area contributed by atoms with Crippen LogP contribution in [0.25, 0.3) is 0 Å². The molecule has 0 spiro atoms. The number of rotatable bonds is 4. The second-order valence-electron chi connectivity index (χ2n) is 6.36. The lowest BCUT2D eigenvalue weighted by Gasteiger charge is -2.39. The maximum Gasteiger partial charge on any atom is 0.141 e. The van der Waals surface area contributed by atoms with Crippen molar-refractivity contribution >= 4 is 0 Å². The predicted octanol–water partition coefficient (Wildman–Crippen LogP) is 1.43. The smallest absolute Gasteiger partial charge is 0.141 e. The Labute approximate surface area is 115 Å². The maximum absolute atomic E-state index is 4.46. The third-order valence-electron chi connectivity index (χ3n) is 4.30. The number of hydrogen-bond acceptors (Lipinski definition) is 4. The van der Waals surface area contributed by atoms with Gasteiger partial charge in [-0.25, -0.2) is 9.67 Å². The van der Waals surface area contributed by atoms with Crippen LogP contribution in [-0.2, 0) is 6.54 Å². The van der Waals surface area contributed by atoms with E-state index in [0.717, 1.165) is 31.4 Å². The molecule has 0 aromatic carbocycles. The molecule has 1 aliphatic carbocycles. The monoisotopic (exact) mass is 263 g/mol. The van der Waals surface area contributed by atoms with Crippen molar-refractivity contribution in [3.63, 3.8) is 0 Å². The van der Waals surface area contributed by atoms with Crippen LogP contribution >= 0.6 is 0 Å². The van der Waals surface area contributed by atoms with Gasteiger partial charge >= 0.3 is 0 Å². The number of hydrogen-bond donors (Lipinski definition) is 1. The van der Waals surface area contributed by atoms with Crippen LogP contribution in [0.3, 0.4) is 0 Å². The quantitative estimate of drug-likeness (QED) is 0.892. The van der Waals surface area contributed by atoms with E-state index in [2.05, 4.69) is 45.8 Å². The summed E-state index contributed by atoms with van der Waals surface area (Å²) >= 11 is 0. The summed E-state index contributed by atoms with van der Waals surface area (Å²) in [5, 5.41) is 7.96. The van der Waals surface area contributed by atoms with Gasteiger partial charge in [-0.2, -0.15) is 5.10 Å². The highest BCUT2D eigenvalue weighted by Gasteiger charge is 2.38. The second-order valence-corrected chi connectivity index (χ2v) is 6.36. The highest BCUT2D eigenvalue weighted by atomic mass is 15.4. The standard InChI is InChI=1S/C14H25N5/c1-10(2)19-14(16-9-17-19)8-18-7-11(3)15-6-13(18)12-4-5-12/h9-13,15H,4-8H2,1-3H3. The lowest BCUT2D eigenvalue weighted by Crippen LogP contribution is -2.56. The zero-order valence-electron chi connectivity index (χ0n) is 12.2. The highest BCUT2D eigenvalue weighted by Crippen LogP contribution is 2.36. The van der Waals surface area contributed by atoms with Crippen LogP contribution in [0.2, 0.25) is 0 Å². The summed E-state index contributed by atoms with van der Waals surface area (Å²) in [6.45, 7) is 9.77. The van der Waals surface area contributed by atoms with Gasteiger partial charge in [0.25, 0.3) is 0 Å². The SMILES string of the molecule is CC1CN(Cc2ncnn2C(C)C)C(C2CC2)CN1. The van der Waals surface area contributed by atoms with Gasteiger partial charge in [-0.1, -0.05) is 0 Å². The molecule has 2 aliphatic rings. The van der Waals surface area contributed by atoms with Crippen molar-refractivity contribution in [3.8, 4) is 0 Å². The van der Waals surface area contributed by atoms with Crippen molar-refractivity contribution in [1.82, 2.24) is 25.0 Å². The first kappa shape index (κ1) is 13.1. The molecule has 5 heteroatoms. The molecule has 1 aromatic rings. The summed E-state index contributed by atoms with van der Waals surface area (Å²) < 4.78 is 2.05. The highest BCUT2D eigenvalue weighted by molar-refractivity contribution is 4.97. The normalized spacial score (nSPS) is 29.1. The molecular formula is C14H25N5. The van der Waals surface area contributed by atoms with Gasteiger partial charge in [-0.3, -0.25) is 4.90 Å². The molecule has 1 saturated carbocycles. The van der Waals surface area contributed by atoms with Crippen molar-refractivity contribution in [2.24, 2.45) is 5.92 Å². The molecule has 5 nitrogen and oxygen atoms in total. The van der Waals surface area contributed by atoms with Crippen LogP contribution in [0.15, 0.2) is 6.33 Å². The van der Waals surface area contributed by atoms with Gasteiger partial charge in [0.05, 0.1) is 6.54 Å². The van der Waals surface area contributed by atoms with E-state index in [1.54, 1.807) is 6.33 Å². The van der Waals surface area contributed by atoms with Crippen molar-refractivity contribution in [2.75, 3.05) is 13.1 Å². The fourth-order valence-electron chi connectivity index (χ4n) is 3.13. The molecule has 0 bridgehead atoms. The molecule has 1 aliphatic heterocycles. The summed E-state index contributed by atoms with van der Waals surface area (Å²) in [7, 11) is 0. The number of aromatic nitrogens is 3. The summed E-state index contributed by atoms with van der Waals surface area (Å²) in [5.41, 5.74) is 0. The summed E-state index contributed by atoms with van der Waals surface area (Å²) in [6.07, 6.45) is 4.48. The van der Waals surface area contributed by atoms with Gasteiger partial charge in [-0.05, 0) is 39.5 Å². The number of nitrogens with zero attached hydrogens (tertiary/aromatic N) is 4. The fourth-order valence-corrected chi connectivity index (χ4v) is 3.13. The first-order valence-electron chi connectivity index (χ1n) is 7.51.